The van der Waals surface area contributed by atoms with Crippen LogP contribution in [0.4, 0.5) is 52.7 Å². The average Bonchev–Trinajstić information content (AvgIpc) is 1.82. The number of aryl methyl sites for hydroxylation is 4. The zero-order valence-corrected chi connectivity index (χ0v) is 50.3. The zero-order valence-electron chi connectivity index (χ0n) is 45.2. The third-order valence-electron chi connectivity index (χ3n) is 10.7. The van der Waals surface area contributed by atoms with Gasteiger partial charge in [-0.2, -0.15) is 52.7 Å². The minimum atomic E-state index is -6.09. The number of nitrogens with zero attached hydrogens (tertiary/aromatic N) is 10. The number of halogens is 12. The molecule has 0 saturated carbocycles. The Labute approximate surface area is 520 Å². The van der Waals surface area contributed by atoms with E-state index in [1.54, 1.807) is 0 Å². The van der Waals surface area contributed by atoms with Gasteiger partial charge < -0.3 is 58.4 Å². The second-order valence-electron chi connectivity index (χ2n) is 16.3. The number of hydrogen-bond acceptors (Lipinski definition) is 18. The number of rotatable bonds is 4. The standard InChI is InChI=1S/2C21H17N5.4CHF3O3S.2Cu.4H2O/c2*1-25-18-12-5-3-8-14(18)23-20(25)16-10-7-11-17(22-16)21-24-15-9-4-6-13-19(15)26(21)2;4*2-1(3,4)8(5,6)7;;;;;;/h2*3-13H,1-2H3;4*(H,5,6,7);;;4*1H2/q;;;;;;2*+2;;;;. The van der Waals surface area contributed by atoms with Crippen molar-refractivity contribution in [2.24, 2.45) is 28.2 Å². The number of benzene rings is 4. The summed E-state index contributed by atoms with van der Waals surface area (Å²) in [5.41, 5.74) is -11.0. The van der Waals surface area contributed by atoms with Crippen LogP contribution in [0, 0.1) is 0 Å². The van der Waals surface area contributed by atoms with Gasteiger partial charge in [0.25, 0.3) is 0 Å². The molecule has 90 heavy (non-hydrogen) atoms. The van der Waals surface area contributed by atoms with E-state index >= 15 is 0 Å². The summed E-state index contributed by atoms with van der Waals surface area (Å²) >= 11 is 0. The first-order valence-corrected chi connectivity index (χ1v) is 27.8. The van der Waals surface area contributed by atoms with E-state index in [0.29, 0.717) is 0 Å². The topological polar surface area (TPSA) is 458 Å². The molecule has 6 heterocycles. The van der Waals surface area contributed by atoms with Crippen LogP contribution in [0.25, 0.3) is 90.2 Å². The van der Waals surface area contributed by atoms with Gasteiger partial charge in [0.05, 0.1) is 44.1 Å². The zero-order chi connectivity index (χ0) is 63.3. The summed E-state index contributed by atoms with van der Waals surface area (Å²) < 4.78 is 244. The number of alkyl halides is 12. The van der Waals surface area contributed by atoms with Crippen LogP contribution in [0.5, 0.6) is 0 Å². The van der Waals surface area contributed by atoms with Crippen molar-refractivity contribution in [3.63, 3.8) is 0 Å². The molecule has 12 N–H and O–H groups in total. The molecular weight excluding hydrogens is 1430 g/mol. The van der Waals surface area contributed by atoms with Crippen molar-refractivity contribution in [1.82, 2.24) is 48.2 Å². The maximum atomic E-state index is 10.7. The summed E-state index contributed by atoms with van der Waals surface area (Å²) in [6.45, 7) is 0. The van der Waals surface area contributed by atoms with Gasteiger partial charge >= 0.3 is 56.2 Å². The van der Waals surface area contributed by atoms with Crippen molar-refractivity contribution in [2.75, 3.05) is 0 Å². The van der Waals surface area contributed by atoms with E-state index in [9.17, 15) is 52.7 Å². The van der Waals surface area contributed by atoms with Crippen LogP contribution in [-0.4, -0.2) is 122 Å². The van der Waals surface area contributed by atoms with Gasteiger partial charge in [0.15, 0.2) is 63.8 Å². The monoisotopic (exact) mass is 1480 g/mol. The first-order valence-electron chi connectivity index (χ1n) is 22.1. The Balaban J connectivity index is 0. The van der Waals surface area contributed by atoms with Gasteiger partial charge in [-0.15, -0.1) is 0 Å². The number of fused-ring (bicyclic) bond motifs is 4. The van der Waals surface area contributed by atoms with Crippen molar-refractivity contribution < 1.29 is 161 Å². The van der Waals surface area contributed by atoms with Crippen LogP contribution in [0.2, 0.25) is 0 Å². The SMILES string of the molecule is Cn1c(-c2cccc(-c3nc4ccccc4n3C)n2)nc2ccccc21.Cn1c(-c2cccc(-c3nc4ccccc4n3C)n2)nc2ccccc21.O=S(=O)([O-])C(F)(F)F.O=S(=O)([O-])C(F)(F)F.O=S(=O)([O-])C(F)(F)F.O=S(=O)([O-])C(F)(F)F.[Cu+2].[Cu+2].[OH3+].[OH3+].[OH3+].[OH3+]. The molecule has 26 nitrogen and oxygen atoms in total. The van der Waals surface area contributed by atoms with Crippen molar-refractivity contribution >= 4 is 84.6 Å². The Morgan fingerprint density at radius 2 is 0.433 bits per heavy atom. The molecule has 2 radical (unpaired) electrons. The van der Waals surface area contributed by atoms with Gasteiger partial charge in [-0.1, -0.05) is 60.7 Å². The van der Waals surface area contributed by atoms with E-state index in [-0.39, 0.29) is 56.0 Å². The maximum Gasteiger partial charge on any atom is 2.00 e. The van der Waals surface area contributed by atoms with Gasteiger partial charge in [-0.3, -0.25) is 0 Å². The molecule has 502 valence electrons. The van der Waals surface area contributed by atoms with Crippen molar-refractivity contribution in [3.05, 3.63) is 133 Å². The predicted molar refractivity (Wildman–Crippen MR) is 290 cm³/mol. The Bertz CT molecular complexity index is 3940. The van der Waals surface area contributed by atoms with Crippen LogP contribution in [0.1, 0.15) is 0 Å². The van der Waals surface area contributed by atoms with Crippen LogP contribution >= 0.6 is 0 Å². The van der Waals surface area contributed by atoms with Crippen molar-refractivity contribution in [1.29, 1.82) is 0 Å². The Morgan fingerprint density at radius 1 is 0.289 bits per heavy atom. The molecule has 0 aliphatic heterocycles. The molecular formula is C46H46Cu2F12N10O16S4+4. The van der Waals surface area contributed by atoms with Crippen LogP contribution in [-0.2, 0) is 125 Å². The summed E-state index contributed by atoms with van der Waals surface area (Å²) in [7, 11) is -16.3. The summed E-state index contributed by atoms with van der Waals surface area (Å²) in [4.78, 5) is 28.7. The van der Waals surface area contributed by atoms with Crippen molar-refractivity contribution in [3.8, 4) is 46.1 Å². The number of para-hydroxylation sites is 8. The molecule has 10 rings (SSSR count). The van der Waals surface area contributed by atoms with Gasteiger partial charge in [0.1, 0.15) is 22.8 Å². The number of pyridine rings is 2. The van der Waals surface area contributed by atoms with E-state index in [1.165, 1.54) is 0 Å². The molecule has 6 aromatic heterocycles. The molecule has 0 bridgehead atoms. The van der Waals surface area contributed by atoms with Gasteiger partial charge in [0, 0.05) is 28.2 Å². The van der Waals surface area contributed by atoms with E-state index in [0.717, 1.165) is 90.2 Å². The molecule has 4 aromatic carbocycles. The summed E-state index contributed by atoms with van der Waals surface area (Å²) in [5.74, 6) is 3.41. The minimum Gasteiger partial charge on any atom is -0.741 e. The van der Waals surface area contributed by atoms with Crippen LogP contribution < -0.4 is 0 Å². The molecule has 10 aromatic rings. The smallest absolute Gasteiger partial charge is 0.741 e. The number of hydrogen-bond donors (Lipinski definition) is 0. The minimum absolute atomic E-state index is 0. The summed E-state index contributed by atoms with van der Waals surface area (Å²) in [6, 6.07) is 44.5. The Morgan fingerprint density at radius 3 is 0.567 bits per heavy atom. The van der Waals surface area contributed by atoms with E-state index in [1.807, 2.05) is 137 Å². The van der Waals surface area contributed by atoms with Gasteiger partial charge in [0.2, 0.25) is 0 Å². The third kappa shape index (κ3) is 20.9. The maximum absolute atomic E-state index is 10.7. The molecule has 0 saturated heterocycles. The predicted octanol–water partition coefficient (Wildman–Crippen LogP) is 4.89. The fraction of sp³-hybridized carbons (Fsp3) is 0.174. The molecule has 0 spiro atoms. The van der Waals surface area contributed by atoms with Crippen molar-refractivity contribution in [2.45, 2.75) is 22.0 Å². The first-order chi connectivity index (χ1) is 38.4. The molecule has 0 fully saturated rings. The summed E-state index contributed by atoms with van der Waals surface area (Å²) in [6.07, 6.45) is 0. The quantitative estimate of drug-likeness (QED) is 0.0744. The van der Waals surface area contributed by atoms with Gasteiger partial charge in [-0.05, 0) is 72.8 Å². The summed E-state index contributed by atoms with van der Waals surface area (Å²) in [5, 5.41) is 0. The van der Waals surface area contributed by atoms with E-state index in [4.69, 9.17) is 81.8 Å². The molecule has 0 aliphatic rings. The first kappa shape index (κ1) is 84.8. The third-order valence-corrected chi connectivity index (χ3v) is 13.0. The number of aromatic nitrogens is 10. The van der Waals surface area contributed by atoms with E-state index < -0.39 is 62.5 Å². The average molecular weight is 1480 g/mol. The molecule has 44 heteroatoms. The van der Waals surface area contributed by atoms with Crippen LogP contribution in [0.15, 0.2) is 133 Å². The second kappa shape index (κ2) is 32.1. The Kier molecular flexibility index (Phi) is 30.3. The largest absolute Gasteiger partial charge is 2.00 e. The molecule has 0 amide bonds. The molecule has 0 atom stereocenters. The number of imidazole rings is 4. The molecule has 0 aliphatic carbocycles. The molecule has 0 unspecified atom stereocenters. The fourth-order valence-electron chi connectivity index (χ4n) is 6.87. The fourth-order valence-corrected chi connectivity index (χ4v) is 6.87. The normalized spacial score (nSPS) is 11.6. The Hall–Kier alpha value is -7.26. The van der Waals surface area contributed by atoms with E-state index in [2.05, 4.69) is 42.5 Å². The van der Waals surface area contributed by atoms with Crippen LogP contribution in [0.3, 0.4) is 0 Å². The van der Waals surface area contributed by atoms with Gasteiger partial charge in [-0.25, -0.2) is 63.6 Å². The second-order valence-corrected chi connectivity index (χ2v) is 21.8.